The highest BCUT2D eigenvalue weighted by Crippen LogP contribution is 2.27. The standard InChI is InChI=1S/C17H21N3/c1-20-16-10-14(12-18)8-9-15(16)19-17(20)11-13-6-4-2-3-5-7-13/h8-10,13H,2-7,11H2,1H3. The summed E-state index contributed by atoms with van der Waals surface area (Å²) in [5.74, 6) is 1.95. The lowest BCUT2D eigenvalue weighted by Crippen LogP contribution is -2.08. The van der Waals surface area contributed by atoms with Gasteiger partial charge < -0.3 is 4.57 Å². The third-order valence-corrected chi connectivity index (χ3v) is 4.55. The molecule has 0 radical (unpaired) electrons. The first-order valence-corrected chi connectivity index (χ1v) is 7.63. The van der Waals surface area contributed by atoms with Crippen LogP contribution in [0.25, 0.3) is 11.0 Å². The van der Waals surface area contributed by atoms with Crippen molar-refractivity contribution in [2.45, 2.75) is 44.9 Å². The Kier molecular flexibility index (Phi) is 3.73. The number of aromatic nitrogens is 2. The molecule has 0 unspecified atom stereocenters. The Hall–Kier alpha value is -1.82. The lowest BCUT2D eigenvalue weighted by molar-refractivity contribution is 0.444. The zero-order valence-corrected chi connectivity index (χ0v) is 12.1. The molecular weight excluding hydrogens is 246 g/mol. The molecule has 0 N–H and O–H groups in total. The third-order valence-electron chi connectivity index (χ3n) is 4.55. The molecule has 1 fully saturated rings. The molecule has 0 amide bonds. The van der Waals surface area contributed by atoms with Gasteiger partial charge in [-0.1, -0.05) is 38.5 Å². The van der Waals surface area contributed by atoms with Crippen molar-refractivity contribution in [2.75, 3.05) is 0 Å². The average molecular weight is 267 g/mol. The van der Waals surface area contributed by atoms with E-state index in [9.17, 15) is 0 Å². The first-order valence-electron chi connectivity index (χ1n) is 7.63. The number of hydrogen-bond donors (Lipinski definition) is 0. The van der Waals surface area contributed by atoms with Crippen LogP contribution in [0.1, 0.15) is 49.9 Å². The maximum atomic E-state index is 9.01. The van der Waals surface area contributed by atoms with Gasteiger partial charge in [-0.15, -0.1) is 0 Å². The molecule has 104 valence electrons. The monoisotopic (exact) mass is 267 g/mol. The number of aryl methyl sites for hydroxylation is 1. The van der Waals surface area contributed by atoms with Crippen LogP contribution in [0, 0.1) is 17.2 Å². The fourth-order valence-electron chi connectivity index (χ4n) is 3.32. The Morgan fingerprint density at radius 3 is 2.70 bits per heavy atom. The summed E-state index contributed by atoms with van der Waals surface area (Å²) in [6.45, 7) is 0. The normalized spacial score (nSPS) is 17.0. The molecule has 3 heteroatoms. The van der Waals surface area contributed by atoms with Crippen LogP contribution in [-0.4, -0.2) is 9.55 Å². The largest absolute Gasteiger partial charge is 0.331 e. The molecule has 0 bridgehead atoms. The van der Waals surface area contributed by atoms with Gasteiger partial charge in [-0.05, 0) is 24.1 Å². The summed E-state index contributed by atoms with van der Waals surface area (Å²) in [5.41, 5.74) is 2.80. The zero-order valence-electron chi connectivity index (χ0n) is 12.1. The minimum atomic E-state index is 0.710. The van der Waals surface area contributed by atoms with E-state index in [0.29, 0.717) is 5.56 Å². The van der Waals surface area contributed by atoms with Crippen molar-refractivity contribution in [3.8, 4) is 6.07 Å². The number of nitriles is 1. The molecular formula is C17H21N3. The SMILES string of the molecule is Cn1c(CC2CCCCCC2)nc2ccc(C#N)cc21. The number of nitrogens with zero attached hydrogens (tertiary/aromatic N) is 3. The first kappa shape index (κ1) is 13.2. The molecule has 1 saturated carbocycles. The fraction of sp³-hybridized carbons (Fsp3) is 0.529. The first-order chi connectivity index (χ1) is 9.78. The van der Waals surface area contributed by atoms with Gasteiger partial charge in [0.2, 0.25) is 0 Å². The molecule has 0 saturated heterocycles. The van der Waals surface area contributed by atoms with Crippen LogP contribution in [-0.2, 0) is 13.5 Å². The Labute approximate surface area is 120 Å². The fourth-order valence-corrected chi connectivity index (χ4v) is 3.32. The number of benzene rings is 1. The van der Waals surface area contributed by atoms with E-state index in [4.69, 9.17) is 10.2 Å². The second-order valence-corrected chi connectivity index (χ2v) is 5.96. The van der Waals surface area contributed by atoms with Crippen LogP contribution in [0.5, 0.6) is 0 Å². The highest BCUT2D eigenvalue weighted by atomic mass is 15.1. The van der Waals surface area contributed by atoms with Crippen molar-refractivity contribution < 1.29 is 0 Å². The van der Waals surface area contributed by atoms with Crippen molar-refractivity contribution in [3.05, 3.63) is 29.6 Å². The maximum Gasteiger partial charge on any atom is 0.109 e. The number of imidazole rings is 1. The lowest BCUT2D eigenvalue weighted by Gasteiger charge is -2.13. The van der Waals surface area contributed by atoms with Crippen LogP contribution in [0.3, 0.4) is 0 Å². The molecule has 0 aliphatic heterocycles. The van der Waals surface area contributed by atoms with Crippen LogP contribution >= 0.6 is 0 Å². The summed E-state index contributed by atoms with van der Waals surface area (Å²) < 4.78 is 2.17. The van der Waals surface area contributed by atoms with Gasteiger partial charge in [0.15, 0.2) is 0 Å². The van der Waals surface area contributed by atoms with Gasteiger partial charge in [0.25, 0.3) is 0 Å². The van der Waals surface area contributed by atoms with Gasteiger partial charge in [0.05, 0.1) is 22.7 Å². The summed E-state index contributed by atoms with van der Waals surface area (Å²) in [4.78, 5) is 4.77. The van der Waals surface area contributed by atoms with E-state index in [-0.39, 0.29) is 0 Å². The molecule has 1 aromatic heterocycles. The summed E-state index contributed by atoms with van der Waals surface area (Å²) in [5, 5.41) is 9.01. The minimum absolute atomic E-state index is 0.710. The summed E-state index contributed by atoms with van der Waals surface area (Å²) in [6.07, 6.45) is 9.28. The minimum Gasteiger partial charge on any atom is -0.331 e. The second-order valence-electron chi connectivity index (χ2n) is 5.96. The van der Waals surface area contributed by atoms with E-state index >= 15 is 0 Å². The molecule has 1 aliphatic carbocycles. The van der Waals surface area contributed by atoms with Gasteiger partial charge in [0.1, 0.15) is 5.82 Å². The van der Waals surface area contributed by atoms with Crippen LogP contribution in [0.2, 0.25) is 0 Å². The van der Waals surface area contributed by atoms with Gasteiger partial charge >= 0.3 is 0 Å². The van der Waals surface area contributed by atoms with Crippen LogP contribution < -0.4 is 0 Å². The average Bonchev–Trinajstić information content (AvgIpc) is 2.66. The molecule has 1 aromatic carbocycles. The Morgan fingerprint density at radius 2 is 2.00 bits per heavy atom. The molecule has 20 heavy (non-hydrogen) atoms. The van der Waals surface area contributed by atoms with Crippen molar-refractivity contribution in [3.63, 3.8) is 0 Å². The lowest BCUT2D eigenvalue weighted by atomic mass is 9.96. The summed E-state index contributed by atoms with van der Waals surface area (Å²) >= 11 is 0. The predicted octanol–water partition coefficient (Wildman–Crippen LogP) is 3.96. The maximum absolute atomic E-state index is 9.01. The number of hydrogen-bond acceptors (Lipinski definition) is 2. The van der Waals surface area contributed by atoms with E-state index in [1.807, 2.05) is 18.2 Å². The van der Waals surface area contributed by atoms with E-state index < -0.39 is 0 Å². The molecule has 3 rings (SSSR count). The van der Waals surface area contributed by atoms with Crippen molar-refractivity contribution in [1.82, 2.24) is 9.55 Å². The van der Waals surface area contributed by atoms with E-state index in [2.05, 4.69) is 17.7 Å². The quantitative estimate of drug-likeness (QED) is 0.773. The summed E-state index contributed by atoms with van der Waals surface area (Å²) in [7, 11) is 2.07. The van der Waals surface area contributed by atoms with E-state index in [0.717, 1.165) is 23.4 Å². The molecule has 1 heterocycles. The number of fused-ring (bicyclic) bond motifs is 1. The molecule has 0 spiro atoms. The molecule has 3 nitrogen and oxygen atoms in total. The number of rotatable bonds is 2. The highest BCUT2D eigenvalue weighted by molar-refractivity contribution is 5.77. The van der Waals surface area contributed by atoms with Gasteiger partial charge in [-0.2, -0.15) is 5.26 Å². The van der Waals surface area contributed by atoms with Gasteiger partial charge in [-0.3, -0.25) is 0 Å². The third kappa shape index (κ3) is 2.56. The molecule has 0 atom stereocenters. The zero-order chi connectivity index (χ0) is 13.9. The highest BCUT2D eigenvalue weighted by Gasteiger charge is 2.16. The molecule has 1 aliphatic rings. The Balaban J connectivity index is 1.88. The predicted molar refractivity (Wildman–Crippen MR) is 80.3 cm³/mol. The van der Waals surface area contributed by atoms with Crippen molar-refractivity contribution in [2.24, 2.45) is 13.0 Å². The van der Waals surface area contributed by atoms with Crippen molar-refractivity contribution in [1.29, 1.82) is 5.26 Å². The second kappa shape index (κ2) is 5.66. The topological polar surface area (TPSA) is 41.6 Å². The molecule has 2 aromatic rings. The van der Waals surface area contributed by atoms with Crippen LogP contribution in [0.4, 0.5) is 0 Å². The van der Waals surface area contributed by atoms with Crippen LogP contribution in [0.15, 0.2) is 18.2 Å². The van der Waals surface area contributed by atoms with Gasteiger partial charge in [-0.25, -0.2) is 4.98 Å². The summed E-state index contributed by atoms with van der Waals surface area (Å²) in [6, 6.07) is 7.96. The Bertz CT molecular complexity index is 640. The van der Waals surface area contributed by atoms with E-state index in [1.54, 1.807) is 0 Å². The Morgan fingerprint density at radius 1 is 1.25 bits per heavy atom. The van der Waals surface area contributed by atoms with Crippen molar-refractivity contribution >= 4 is 11.0 Å². The smallest absolute Gasteiger partial charge is 0.109 e. The van der Waals surface area contributed by atoms with E-state index in [1.165, 1.54) is 44.3 Å². The van der Waals surface area contributed by atoms with Gasteiger partial charge in [0, 0.05) is 13.5 Å².